The summed E-state index contributed by atoms with van der Waals surface area (Å²) >= 11 is 0. The Kier molecular flexibility index (Phi) is 52.6. The molecule has 0 heterocycles. The average Bonchev–Trinajstić information content (AvgIpc) is 3.35. The second-order valence-electron chi connectivity index (χ2n) is 20.5. The quantitative estimate of drug-likeness (QED) is 0.0259. The molecule has 0 saturated heterocycles. The van der Waals surface area contributed by atoms with E-state index in [2.05, 4.69) is 20.8 Å². The molecule has 11 nitrogen and oxygen atoms in total. The normalized spacial score (nSPS) is 13.3. The molecule has 0 saturated carbocycles. The first kappa shape index (κ1) is 68.5. The summed E-state index contributed by atoms with van der Waals surface area (Å²) < 4.78 is 39.5. The van der Waals surface area contributed by atoms with Crippen molar-refractivity contribution in [3.05, 3.63) is 0 Å². The molecule has 0 radical (unpaired) electrons. The van der Waals surface area contributed by atoms with Crippen LogP contribution in [-0.4, -0.2) is 66.5 Å². The molecule has 0 bridgehead atoms. The van der Waals surface area contributed by atoms with Crippen molar-refractivity contribution in [3.63, 3.8) is 0 Å². The van der Waals surface area contributed by atoms with Gasteiger partial charge in [-0.05, 0) is 19.3 Å². The lowest BCUT2D eigenvalue weighted by Gasteiger charge is -2.21. The van der Waals surface area contributed by atoms with E-state index in [0.29, 0.717) is 19.3 Å². The fraction of sp³-hybridized carbons (Fsp3) is 0.948. The maximum atomic E-state index is 12.9. The molecule has 0 aliphatic carbocycles. The second kappa shape index (κ2) is 53.8. The van der Waals surface area contributed by atoms with Gasteiger partial charge >= 0.3 is 25.7 Å². The van der Waals surface area contributed by atoms with Gasteiger partial charge in [-0.2, -0.15) is 0 Å². The molecule has 0 aromatic heterocycles. The van der Waals surface area contributed by atoms with Crippen molar-refractivity contribution in [1.82, 2.24) is 0 Å². The number of hydrogen-bond donors (Lipinski definition) is 2. The van der Waals surface area contributed by atoms with Gasteiger partial charge in [0, 0.05) is 19.3 Å². The maximum absolute atomic E-state index is 12.9. The van der Waals surface area contributed by atoms with E-state index < -0.39 is 57.8 Å². The number of aliphatic hydroxyl groups is 1. The van der Waals surface area contributed by atoms with Crippen molar-refractivity contribution in [3.8, 4) is 0 Å². The number of phosphoric acid groups is 1. The van der Waals surface area contributed by atoms with Crippen LogP contribution in [0.15, 0.2) is 0 Å². The third-order valence-electron chi connectivity index (χ3n) is 13.5. The highest BCUT2D eigenvalue weighted by Gasteiger charge is 2.28. The van der Waals surface area contributed by atoms with Gasteiger partial charge in [0.1, 0.15) is 12.7 Å². The van der Waals surface area contributed by atoms with E-state index in [0.717, 1.165) is 57.8 Å². The first-order chi connectivity index (χ1) is 34.2. The van der Waals surface area contributed by atoms with Gasteiger partial charge in [0.15, 0.2) is 6.10 Å². The second-order valence-corrected chi connectivity index (χ2v) is 22.0. The SMILES string of the molecule is CCCCCCCCCCCCCCCCCCCCCC(=O)OC(COC(=O)CCCCCCCCCCCCCCC)COP(=O)(O)OCC(CO)OC(=O)CCCCCCCCCCCCC. The zero-order chi connectivity index (χ0) is 51.3. The summed E-state index contributed by atoms with van der Waals surface area (Å²) in [5.41, 5.74) is 0. The van der Waals surface area contributed by atoms with Gasteiger partial charge in [0.2, 0.25) is 0 Å². The standard InChI is InChI=1S/C58H113O11P/c1-4-7-10-13-16-19-22-24-25-26-27-28-29-31-34-37-40-43-46-49-58(62)69-55(51-65-56(60)47-44-41-38-35-33-30-23-20-17-14-11-8-5-2)53-67-70(63,64)66-52-54(50-59)68-57(61)48-45-42-39-36-32-21-18-15-12-9-6-3/h54-55,59H,4-53H2,1-3H3,(H,63,64). The van der Waals surface area contributed by atoms with Crippen molar-refractivity contribution in [1.29, 1.82) is 0 Å². The van der Waals surface area contributed by atoms with Gasteiger partial charge < -0.3 is 24.2 Å². The van der Waals surface area contributed by atoms with Crippen molar-refractivity contribution in [2.45, 2.75) is 328 Å². The Balaban J connectivity index is 4.63. The van der Waals surface area contributed by atoms with Crippen LogP contribution in [0.3, 0.4) is 0 Å². The van der Waals surface area contributed by atoms with Crippen molar-refractivity contribution in [2.75, 3.05) is 26.4 Å². The van der Waals surface area contributed by atoms with Crippen LogP contribution in [0.5, 0.6) is 0 Å². The van der Waals surface area contributed by atoms with E-state index in [4.69, 9.17) is 23.3 Å². The van der Waals surface area contributed by atoms with Crippen LogP contribution in [0, 0.1) is 0 Å². The third-order valence-corrected chi connectivity index (χ3v) is 14.5. The lowest BCUT2D eigenvalue weighted by atomic mass is 10.0. The molecule has 0 rings (SSSR count). The van der Waals surface area contributed by atoms with E-state index in [1.807, 2.05) is 0 Å². The minimum atomic E-state index is -4.73. The lowest BCUT2D eigenvalue weighted by Crippen LogP contribution is -2.30. The summed E-state index contributed by atoms with van der Waals surface area (Å²) in [6.07, 6.45) is 50.6. The summed E-state index contributed by atoms with van der Waals surface area (Å²) in [5, 5.41) is 9.79. The van der Waals surface area contributed by atoms with Crippen LogP contribution in [0.4, 0.5) is 0 Å². The Morgan fingerprint density at radius 3 is 0.843 bits per heavy atom. The number of hydrogen-bond acceptors (Lipinski definition) is 10. The molecule has 416 valence electrons. The summed E-state index contributed by atoms with van der Waals surface area (Å²) in [7, 11) is -4.73. The van der Waals surface area contributed by atoms with E-state index in [1.54, 1.807) is 0 Å². The minimum absolute atomic E-state index is 0.179. The molecule has 0 aromatic carbocycles. The summed E-state index contributed by atoms with van der Waals surface area (Å²) in [5.74, 6) is -1.43. The molecule has 0 aliphatic rings. The zero-order valence-corrected chi connectivity index (χ0v) is 46.9. The zero-order valence-electron chi connectivity index (χ0n) is 46.0. The predicted octanol–water partition coefficient (Wildman–Crippen LogP) is 17.5. The molecule has 70 heavy (non-hydrogen) atoms. The van der Waals surface area contributed by atoms with E-state index in [1.165, 1.54) is 199 Å². The Morgan fingerprint density at radius 2 is 0.571 bits per heavy atom. The van der Waals surface area contributed by atoms with Gasteiger partial charge in [-0.25, -0.2) is 4.57 Å². The monoisotopic (exact) mass is 1020 g/mol. The first-order valence-corrected chi connectivity index (χ1v) is 31.4. The van der Waals surface area contributed by atoms with Crippen LogP contribution in [-0.2, 0) is 42.2 Å². The van der Waals surface area contributed by atoms with E-state index >= 15 is 0 Å². The van der Waals surface area contributed by atoms with E-state index in [9.17, 15) is 28.9 Å². The van der Waals surface area contributed by atoms with E-state index in [-0.39, 0.29) is 25.9 Å². The van der Waals surface area contributed by atoms with Crippen LogP contribution in [0.1, 0.15) is 316 Å². The fourth-order valence-electron chi connectivity index (χ4n) is 8.95. The Hall–Kier alpha value is -1.52. The Labute approximate surface area is 431 Å². The van der Waals surface area contributed by atoms with Gasteiger partial charge in [-0.15, -0.1) is 0 Å². The van der Waals surface area contributed by atoms with Gasteiger partial charge in [0.25, 0.3) is 0 Å². The van der Waals surface area contributed by atoms with Crippen molar-refractivity contribution >= 4 is 25.7 Å². The molecule has 0 amide bonds. The predicted molar refractivity (Wildman–Crippen MR) is 289 cm³/mol. The highest BCUT2D eigenvalue weighted by atomic mass is 31.2. The number of ether oxygens (including phenoxy) is 3. The molecule has 0 aromatic rings. The van der Waals surface area contributed by atoms with Gasteiger partial charge in [-0.3, -0.25) is 23.4 Å². The molecule has 12 heteroatoms. The molecule has 3 unspecified atom stereocenters. The summed E-state index contributed by atoms with van der Waals surface area (Å²) in [6.45, 7) is 4.71. The lowest BCUT2D eigenvalue weighted by molar-refractivity contribution is -0.161. The third kappa shape index (κ3) is 51.4. The number of carbonyl (C=O) groups is 3. The molecule has 2 N–H and O–H groups in total. The molecule has 0 aliphatic heterocycles. The molecule has 0 spiro atoms. The smallest absolute Gasteiger partial charge is 0.462 e. The summed E-state index contributed by atoms with van der Waals surface area (Å²) in [4.78, 5) is 48.5. The first-order valence-electron chi connectivity index (χ1n) is 29.9. The molecular weight excluding hydrogens is 904 g/mol. The maximum Gasteiger partial charge on any atom is 0.472 e. The minimum Gasteiger partial charge on any atom is -0.462 e. The van der Waals surface area contributed by atoms with Crippen LogP contribution in [0.25, 0.3) is 0 Å². The highest BCUT2D eigenvalue weighted by Crippen LogP contribution is 2.43. The van der Waals surface area contributed by atoms with Crippen LogP contribution in [0.2, 0.25) is 0 Å². The molecule has 3 atom stereocenters. The van der Waals surface area contributed by atoms with Crippen molar-refractivity contribution < 1.29 is 52.2 Å². The van der Waals surface area contributed by atoms with Crippen molar-refractivity contribution in [2.24, 2.45) is 0 Å². The van der Waals surface area contributed by atoms with Crippen LogP contribution < -0.4 is 0 Å². The molecule has 0 fully saturated rings. The number of unbranched alkanes of at least 4 members (excludes halogenated alkanes) is 40. The molecular formula is C58H113O11P. The number of phosphoric ester groups is 1. The Bertz CT molecular complexity index is 1190. The Morgan fingerprint density at radius 1 is 0.343 bits per heavy atom. The van der Waals surface area contributed by atoms with Crippen LogP contribution >= 0.6 is 7.82 Å². The number of esters is 3. The number of rotatable bonds is 57. The average molecular weight is 1020 g/mol. The number of aliphatic hydroxyl groups excluding tert-OH is 1. The van der Waals surface area contributed by atoms with Gasteiger partial charge in [0.05, 0.1) is 19.8 Å². The summed E-state index contributed by atoms with van der Waals surface area (Å²) in [6, 6.07) is 0. The topological polar surface area (TPSA) is 155 Å². The number of carbonyl (C=O) groups excluding carboxylic acids is 3. The fourth-order valence-corrected chi connectivity index (χ4v) is 9.73. The highest BCUT2D eigenvalue weighted by molar-refractivity contribution is 7.47. The van der Waals surface area contributed by atoms with Gasteiger partial charge in [-0.1, -0.05) is 278 Å². The largest absolute Gasteiger partial charge is 0.472 e.